The molecule has 0 aliphatic carbocycles. The zero-order valence-corrected chi connectivity index (χ0v) is 8.96. The first-order valence-corrected chi connectivity index (χ1v) is 4.53. The van der Waals surface area contributed by atoms with Gasteiger partial charge in [-0.25, -0.2) is 0 Å². The van der Waals surface area contributed by atoms with Gasteiger partial charge in [-0.2, -0.15) is 0 Å². The number of carbonyl (C=O) groups excluding carboxylic acids is 1. The van der Waals surface area contributed by atoms with Gasteiger partial charge in [0.2, 0.25) is 0 Å². The molecule has 0 spiro atoms. The van der Waals surface area contributed by atoms with E-state index in [1.165, 1.54) is 0 Å². The van der Waals surface area contributed by atoms with Crippen molar-refractivity contribution in [2.45, 2.75) is 33.4 Å². The maximum Gasteiger partial charge on any atom is 0.250 e. The summed E-state index contributed by atoms with van der Waals surface area (Å²) in [6.45, 7) is 9.94. The van der Waals surface area contributed by atoms with Crippen LogP contribution in [0.25, 0.3) is 0 Å². The van der Waals surface area contributed by atoms with Gasteiger partial charge >= 0.3 is 0 Å². The molecule has 0 N–H and O–H groups in total. The Hall–Kier alpha value is -0.830. The quantitative estimate of drug-likeness (QED) is 0.483. The number of rotatable bonds is 5. The highest BCUT2D eigenvalue weighted by molar-refractivity contribution is 5.92. The van der Waals surface area contributed by atoms with Crippen LogP contribution in [-0.4, -0.2) is 30.7 Å². The fourth-order valence-corrected chi connectivity index (χ4v) is 1.06. The Bertz CT molecular complexity index is 189. The molecule has 76 valence electrons. The van der Waals surface area contributed by atoms with Gasteiger partial charge in [-0.15, -0.1) is 0 Å². The normalized spacial score (nSPS) is 12.3. The lowest BCUT2D eigenvalue weighted by Gasteiger charge is -2.27. The summed E-state index contributed by atoms with van der Waals surface area (Å²) in [6, 6.07) is 0. The first kappa shape index (κ1) is 12.2. The molecule has 0 fully saturated rings. The van der Waals surface area contributed by atoms with Crippen LogP contribution in [0.1, 0.15) is 27.2 Å². The molecule has 3 heteroatoms. The van der Waals surface area contributed by atoms with Crippen LogP contribution < -0.4 is 0 Å². The second-order valence-electron chi connectivity index (χ2n) is 3.11. The lowest BCUT2D eigenvalue weighted by molar-refractivity contribution is -0.138. The van der Waals surface area contributed by atoms with Crippen molar-refractivity contribution in [1.82, 2.24) is 4.90 Å². The number of nitrogens with zero attached hydrogens (tertiary/aromatic N) is 1. The summed E-state index contributed by atoms with van der Waals surface area (Å²) in [5, 5.41) is 0. The summed E-state index contributed by atoms with van der Waals surface area (Å²) < 4.78 is 5.10. The third kappa shape index (κ3) is 3.59. The van der Waals surface area contributed by atoms with Crippen LogP contribution in [0.15, 0.2) is 12.2 Å². The molecule has 0 heterocycles. The monoisotopic (exact) mass is 185 g/mol. The molecule has 1 unspecified atom stereocenters. The van der Waals surface area contributed by atoms with Crippen LogP contribution in [-0.2, 0) is 9.53 Å². The minimum atomic E-state index is -0.177. The second kappa shape index (κ2) is 5.75. The molecule has 0 aromatic carbocycles. The van der Waals surface area contributed by atoms with Crippen molar-refractivity contribution in [3.05, 3.63) is 12.2 Å². The van der Waals surface area contributed by atoms with Gasteiger partial charge in [0.15, 0.2) is 0 Å². The lowest BCUT2D eigenvalue weighted by atomic mass is 10.2. The van der Waals surface area contributed by atoms with Crippen LogP contribution in [0, 0.1) is 0 Å². The van der Waals surface area contributed by atoms with E-state index in [4.69, 9.17) is 4.74 Å². The summed E-state index contributed by atoms with van der Waals surface area (Å²) in [7, 11) is 1.60. The molecule has 13 heavy (non-hydrogen) atoms. The maximum atomic E-state index is 11.6. The smallest absolute Gasteiger partial charge is 0.250 e. The van der Waals surface area contributed by atoms with Crippen molar-refractivity contribution in [3.63, 3.8) is 0 Å². The molecule has 3 nitrogen and oxygen atoms in total. The summed E-state index contributed by atoms with van der Waals surface area (Å²) in [5.41, 5.74) is 0.553. The van der Waals surface area contributed by atoms with Gasteiger partial charge in [0.25, 0.3) is 5.91 Å². The van der Waals surface area contributed by atoms with Crippen molar-refractivity contribution < 1.29 is 9.53 Å². The van der Waals surface area contributed by atoms with Crippen LogP contribution in [0.4, 0.5) is 0 Å². The minimum absolute atomic E-state index is 0.0313. The van der Waals surface area contributed by atoms with Crippen molar-refractivity contribution >= 4 is 5.91 Å². The Kier molecular flexibility index (Phi) is 5.39. The van der Waals surface area contributed by atoms with Crippen molar-refractivity contribution in [3.8, 4) is 0 Å². The van der Waals surface area contributed by atoms with E-state index >= 15 is 0 Å². The van der Waals surface area contributed by atoms with Crippen LogP contribution in [0.2, 0.25) is 0 Å². The molecular formula is C10H19NO2. The van der Waals surface area contributed by atoms with E-state index in [-0.39, 0.29) is 12.1 Å². The standard InChI is InChI=1S/C10H19NO2/c1-6-7-11(9(4)13-5)10(12)8(2)3/h9H,2,6-7H2,1,3-5H3. The largest absolute Gasteiger partial charge is 0.362 e. The topological polar surface area (TPSA) is 29.5 Å². The van der Waals surface area contributed by atoms with E-state index in [1.807, 2.05) is 13.8 Å². The number of ether oxygens (including phenoxy) is 1. The lowest BCUT2D eigenvalue weighted by Crippen LogP contribution is -2.40. The fraction of sp³-hybridized carbons (Fsp3) is 0.700. The Balaban J connectivity index is 4.40. The van der Waals surface area contributed by atoms with Gasteiger partial charge in [0.1, 0.15) is 6.23 Å². The molecule has 0 aromatic rings. The van der Waals surface area contributed by atoms with Crippen molar-refractivity contribution in [2.75, 3.05) is 13.7 Å². The predicted octanol–water partition coefficient (Wildman–Crippen LogP) is 1.79. The average Bonchev–Trinajstić information content (AvgIpc) is 2.11. The van der Waals surface area contributed by atoms with Crippen molar-refractivity contribution in [2.24, 2.45) is 0 Å². The fourth-order valence-electron chi connectivity index (χ4n) is 1.06. The average molecular weight is 185 g/mol. The third-order valence-corrected chi connectivity index (χ3v) is 1.87. The first-order chi connectivity index (χ1) is 6.04. The van der Waals surface area contributed by atoms with E-state index in [0.717, 1.165) is 6.42 Å². The number of hydrogen-bond donors (Lipinski definition) is 0. The zero-order valence-electron chi connectivity index (χ0n) is 8.96. The SMILES string of the molecule is C=C(C)C(=O)N(CCC)C(C)OC. The van der Waals surface area contributed by atoms with Gasteiger partial charge in [-0.05, 0) is 20.3 Å². The third-order valence-electron chi connectivity index (χ3n) is 1.87. The molecule has 0 aliphatic heterocycles. The first-order valence-electron chi connectivity index (χ1n) is 4.53. The molecule has 0 saturated heterocycles. The predicted molar refractivity (Wildman–Crippen MR) is 53.3 cm³/mol. The van der Waals surface area contributed by atoms with E-state index in [2.05, 4.69) is 6.58 Å². The van der Waals surface area contributed by atoms with Gasteiger partial charge in [-0.3, -0.25) is 4.79 Å². The molecule has 0 saturated carbocycles. The summed E-state index contributed by atoms with van der Waals surface area (Å²) in [4.78, 5) is 13.3. The van der Waals surface area contributed by atoms with Gasteiger partial charge in [0.05, 0.1) is 0 Å². The molecule has 1 amide bonds. The molecule has 0 radical (unpaired) electrons. The summed E-state index contributed by atoms with van der Waals surface area (Å²) in [6.07, 6.45) is 0.747. The molecule has 1 atom stereocenters. The van der Waals surface area contributed by atoms with Gasteiger partial charge < -0.3 is 9.64 Å². The van der Waals surface area contributed by atoms with Gasteiger partial charge in [-0.1, -0.05) is 13.5 Å². The Morgan fingerprint density at radius 3 is 2.46 bits per heavy atom. The summed E-state index contributed by atoms with van der Waals surface area (Å²) >= 11 is 0. The van der Waals surface area contributed by atoms with Crippen LogP contribution >= 0.6 is 0 Å². The van der Waals surface area contributed by atoms with E-state index < -0.39 is 0 Å². The zero-order chi connectivity index (χ0) is 10.4. The Morgan fingerprint density at radius 1 is 1.62 bits per heavy atom. The number of carbonyl (C=O) groups is 1. The van der Waals surface area contributed by atoms with E-state index in [9.17, 15) is 4.79 Å². The minimum Gasteiger partial charge on any atom is -0.362 e. The molecule has 0 rings (SSSR count). The van der Waals surface area contributed by atoms with E-state index in [1.54, 1.807) is 18.9 Å². The van der Waals surface area contributed by atoms with Crippen molar-refractivity contribution in [1.29, 1.82) is 0 Å². The highest BCUT2D eigenvalue weighted by Gasteiger charge is 2.18. The highest BCUT2D eigenvalue weighted by Crippen LogP contribution is 2.06. The Morgan fingerprint density at radius 2 is 2.15 bits per heavy atom. The van der Waals surface area contributed by atoms with Crippen LogP contribution in [0.5, 0.6) is 0 Å². The molecular weight excluding hydrogens is 166 g/mol. The second-order valence-corrected chi connectivity index (χ2v) is 3.11. The Labute approximate surface area is 80.4 Å². The molecule has 0 aromatic heterocycles. The van der Waals surface area contributed by atoms with Gasteiger partial charge in [0, 0.05) is 19.2 Å². The van der Waals surface area contributed by atoms with E-state index in [0.29, 0.717) is 12.1 Å². The number of methoxy groups -OCH3 is 1. The highest BCUT2D eigenvalue weighted by atomic mass is 16.5. The number of amides is 1. The molecule has 0 bridgehead atoms. The summed E-state index contributed by atoms with van der Waals surface area (Å²) in [5.74, 6) is -0.0313. The number of hydrogen-bond acceptors (Lipinski definition) is 2. The maximum absolute atomic E-state index is 11.6. The molecule has 0 aliphatic rings. The van der Waals surface area contributed by atoms with Crippen LogP contribution in [0.3, 0.4) is 0 Å².